The van der Waals surface area contributed by atoms with Gasteiger partial charge in [-0.1, -0.05) is 52.0 Å². The molecule has 2 nitrogen and oxygen atoms in total. The predicted molar refractivity (Wildman–Crippen MR) is 98.7 cm³/mol. The molecule has 2 aliphatic rings. The Morgan fingerprint density at radius 1 is 0.810 bits per heavy atom. The highest BCUT2D eigenvalue weighted by Gasteiger charge is 2.02. The molecule has 0 atom stereocenters. The SMILES string of the molecule is CC.CC.CC(C)N1C=CC=CCC1.CN1CC=CCC1. The lowest BCUT2D eigenvalue weighted by molar-refractivity contribution is 0.318. The third-order valence-corrected chi connectivity index (χ3v) is 3.00. The van der Waals surface area contributed by atoms with Crippen LogP contribution in [0.5, 0.6) is 0 Å². The number of hydrogen-bond acceptors (Lipinski definition) is 2. The molecule has 0 aromatic carbocycles. The first-order valence-electron chi connectivity index (χ1n) is 8.63. The predicted octanol–water partition coefficient (Wildman–Crippen LogP) is 5.10. The van der Waals surface area contributed by atoms with E-state index in [1.807, 2.05) is 27.7 Å². The van der Waals surface area contributed by atoms with Gasteiger partial charge >= 0.3 is 0 Å². The summed E-state index contributed by atoms with van der Waals surface area (Å²) in [6.45, 7) is 16.0. The van der Waals surface area contributed by atoms with Gasteiger partial charge in [-0.25, -0.2) is 0 Å². The van der Waals surface area contributed by atoms with Crippen LogP contribution in [-0.4, -0.2) is 42.5 Å². The van der Waals surface area contributed by atoms with Gasteiger partial charge in [-0.15, -0.1) is 0 Å². The van der Waals surface area contributed by atoms with E-state index in [-0.39, 0.29) is 0 Å². The van der Waals surface area contributed by atoms with Gasteiger partial charge in [0.15, 0.2) is 0 Å². The van der Waals surface area contributed by atoms with Gasteiger partial charge in [0, 0.05) is 25.7 Å². The standard InChI is InChI=1S/C9H15N.C6H11N.2C2H6/c1-9(2)10-7-5-3-4-6-8-10;1-7-5-3-2-4-6-7;2*1-2/h3-5,7,9H,6,8H2,1-2H3;2-3H,4-6H2,1H3;2*1-2H3. The van der Waals surface area contributed by atoms with Gasteiger partial charge in [0.1, 0.15) is 0 Å². The molecule has 124 valence electrons. The lowest BCUT2D eigenvalue weighted by atomic mass is 10.3. The monoisotopic (exact) mass is 294 g/mol. The van der Waals surface area contributed by atoms with E-state index < -0.39 is 0 Å². The number of rotatable bonds is 1. The maximum absolute atomic E-state index is 2.35. The van der Waals surface area contributed by atoms with Crippen LogP contribution < -0.4 is 0 Å². The van der Waals surface area contributed by atoms with Crippen molar-refractivity contribution in [1.82, 2.24) is 9.80 Å². The van der Waals surface area contributed by atoms with Crippen molar-refractivity contribution in [1.29, 1.82) is 0 Å². The van der Waals surface area contributed by atoms with Crippen molar-refractivity contribution in [2.45, 2.75) is 60.4 Å². The topological polar surface area (TPSA) is 6.48 Å². The maximum Gasteiger partial charge on any atom is 0.0227 e. The summed E-state index contributed by atoms with van der Waals surface area (Å²) in [6, 6.07) is 0.635. The molecule has 0 spiro atoms. The summed E-state index contributed by atoms with van der Waals surface area (Å²) in [4.78, 5) is 4.65. The van der Waals surface area contributed by atoms with Gasteiger partial charge in [0.2, 0.25) is 0 Å². The second-order valence-corrected chi connectivity index (χ2v) is 4.91. The average Bonchev–Trinajstić information content (AvgIpc) is 2.82. The van der Waals surface area contributed by atoms with Crippen molar-refractivity contribution < 1.29 is 0 Å². The Morgan fingerprint density at radius 2 is 1.43 bits per heavy atom. The van der Waals surface area contributed by atoms with Crippen molar-refractivity contribution >= 4 is 0 Å². The maximum atomic E-state index is 2.35. The lowest BCUT2D eigenvalue weighted by Gasteiger charge is -2.22. The fraction of sp³-hybridized carbons (Fsp3) is 0.684. The molecular formula is C19H38N2. The minimum Gasteiger partial charge on any atom is -0.375 e. The summed E-state index contributed by atoms with van der Waals surface area (Å²) >= 11 is 0. The molecule has 0 fully saturated rings. The van der Waals surface area contributed by atoms with Gasteiger partial charge in [-0.05, 0) is 46.0 Å². The molecule has 0 unspecified atom stereocenters. The van der Waals surface area contributed by atoms with Crippen molar-refractivity contribution in [2.24, 2.45) is 0 Å². The Labute approximate surface area is 134 Å². The molecule has 2 heteroatoms. The zero-order valence-electron chi connectivity index (χ0n) is 15.5. The van der Waals surface area contributed by atoms with Crippen molar-refractivity contribution in [3.05, 3.63) is 36.6 Å². The number of likely N-dealkylation sites (N-methyl/N-ethyl adjacent to an activating group) is 1. The summed E-state index contributed by atoms with van der Waals surface area (Å²) in [5.74, 6) is 0. The Kier molecular flexibility index (Phi) is 18.1. The normalized spacial score (nSPS) is 16.9. The highest BCUT2D eigenvalue weighted by molar-refractivity contribution is 5.05. The van der Waals surface area contributed by atoms with E-state index in [2.05, 4.69) is 67.3 Å². The summed E-state index contributed by atoms with van der Waals surface area (Å²) in [6.07, 6.45) is 15.4. The second-order valence-electron chi connectivity index (χ2n) is 4.91. The van der Waals surface area contributed by atoms with Gasteiger partial charge < -0.3 is 9.80 Å². The number of nitrogens with zero attached hydrogens (tertiary/aromatic N) is 2. The summed E-state index contributed by atoms with van der Waals surface area (Å²) in [5.41, 5.74) is 0. The first kappa shape index (κ1) is 22.3. The molecule has 0 bridgehead atoms. The molecule has 0 aromatic heterocycles. The first-order chi connectivity index (χ1) is 10.2. The van der Waals surface area contributed by atoms with Crippen LogP contribution in [-0.2, 0) is 0 Å². The van der Waals surface area contributed by atoms with Crippen molar-refractivity contribution in [3.63, 3.8) is 0 Å². The van der Waals surface area contributed by atoms with Gasteiger partial charge in [-0.3, -0.25) is 0 Å². The summed E-state index contributed by atoms with van der Waals surface area (Å²) in [5, 5.41) is 0. The van der Waals surface area contributed by atoms with Crippen LogP contribution in [0.25, 0.3) is 0 Å². The van der Waals surface area contributed by atoms with E-state index >= 15 is 0 Å². The molecular weight excluding hydrogens is 256 g/mol. The Balaban J connectivity index is 0. The fourth-order valence-corrected chi connectivity index (χ4v) is 1.82. The van der Waals surface area contributed by atoms with Crippen LogP contribution in [0.3, 0.4) is 0 Å². The van der Waals surface area contributed by atoms with Crippen molar-refractivity contribution in [3.8, 4) is 0 Å². The number of allylic oxidation sites excluding steroid dienone is 2. The lowest BCUT2D eigenvalue weighted by Crippen LogP contribution is -2.25. The van der Waals surface area contributed by atoms with Crippen LogP contribution in [0.4, 0.5) is 0 Å². The molecule has 21 heavy (non-hydrogen) atoms. The quantitative estimate of drug-likeness (QED) is 0.621. The minimum atomic E-state index is 0.635. The molecule has 2 heterocycles. The Morgan fingerprint density at radius 3 is 1.86 bits per heavy atom. The van der Waals surface area contributed by atoms with E-state index in [0.29, 0.717) is 6.04 Å². The summed E-state index contributed by atoms with van der Waals surface area (Å²) < 4.78 is 0. The average molecular weight is 295 g/mol. The van der Waals surface area contributed by atoms with Crippen LogP contribution >= 0.6 is 0 Å². The van der Waals surface area contributed by atoms with Crippen molar-refractivity contribution in [2.75, 3.05) is 26.7 Å². The highest BCUT2D eigenvalue weighted by Crippen LogP contribution is 2.04. The van der Waals surface area contributed by atoms with Crippen LogP contribution in [0.2, 0.25) is 0 Å². The largest absolute Gasteiger partial charge is 0.375 e. The van der Waals surface area contributed by atoms with Crippen LogP contribution in [0.15, 0.2) is 36.6 Å². The molecule has 0 saturated heterocycles. The van der Waals surface area contributed by atoms with Crippen LogP contribution in [0, 0.1) is 0 Å². The molecule has 0 saturated carbocycles. The van der Waals surface area contributed by atoms with Gasteiger partial charge in [-0.2, -0.15) is 0 Å². The van der Waals surface area contributed by atoms with Gasteiger partial charge in [0.05, 0.1) is 0 Å². The molecule has 2 rings (SSSR count). The minimum absolute atomic E-state index is 0.635. The second kappa shape index (κ2) is 17.0. The smallest absolute Gasteiger partial charge is 0.0227 e. The van der Waals surface area contributed by atoms with Crippen LogP contribution in [0.1, 0.15) is 54.4 Å². The fourth-order valence-electron chi connectivity index (χ4n) is 1.82. The highest BCUT2D eigenvalue weighted by atomic mass is 15.1. The molecule has 0 N–H and O–H groups in total. The van der Waals surface area contributed by atoms with E-state index in [0.717, 1.165) is 13.1 Å². The molecule has 0 amide bonds. The zero-order valence-corrected chi connectivity index (χ0v) is 15.5. The molecule has 0 radical (unpaired) electrons. The molecule has 0 aliphatic carbocycles. The van der Waals surface area contributed by atoms with E-state index in [9.17, 15) is 0 Å². The third kappa shape index (κ3) is 13.7. The Bertz CT molecular complexity index is 277. The Hall–Kier alpha value is -1.02. The van der Waals surface area contributed by atoms with E-state index in [1.165, 1.54) is 19.4 Å². The first-order valence-corrected chi connectivity index (χ1v) is 8.63. The van der Waals surface area contributed by atoms with E-state index in [4.69, 9.17) is 0 Å². The van der Waals surface area contributed by atoms with E-state index in [1.54, 1.807) is 0 Å². The van der Waals surface area contributed by atoms with Gasteiger partial charge in [0.25, 0.3) is 0 Å². The molecule has 2 aliphatic heterocycles. The zero-order chi connectivity index (χ0) is 16.5. The number of hydrogen-bond donors (Lipinski definition) is 0. The summed E-state index contributed by atoms with van der Waals surface area (Å²) in [7, 11) is 2.14. The molecule has 0 aromatic rings. The third-order valence-electron chi connectivity index (χ3n) is 3.00.